The predicted octanol–water partition coefficient (Wildman–Crippen LogP) is 1.56. The maximum absolute atomic E-state index is 12.4. The molecule has 0 saturated heterocycles. The first kappa shape index (κ1) is 17.6. The lowest BCUT2D eigenvalue weighted by Gasteiger charge is -2.15. The first-order valence-electron chi connectivity index (χ1n) is 7.60. The number of benzene rings is 2. The van der Waals surface area contributed by atoms with Crippen molar-refractivity contribution < 1.29 is 27.9 Å². The smallest absolute Gasteiger partial charge is 0.337 e. The Hall–Kier alpha value is -3.20. The van der Waals surface area contributed by atoms with Crippen molar-refractivity contribution in [2.24, 2.45) is 0 Å². The quantitative estimate of drug-likeness (QED) is 0.819. The molecule has 9 heteroatoms. The summed E-state index contributed by atoms with van der Waals surface area (Å²) in [5.41, 5.74) is 0.0890. The molecular weight excluding hydrogens is 360 g/mol. The molecule has 8 nitrogen and oxygen atoms in total. The number of fused-ring (bicyclic) bond motifs is 1. The summed E-state index contributed by atoms with van der Waals surface area (Å²) in [5.74, 6) is -2.48. The standard InChI is InChI=1S/C17H14N2O6S/c20-15(18-13-7-3-1-5-11(13)17(22)23)9-10-19-16(21)12-6-2-4-8-14(12)26(19,24)25/h1-8H,9-10H2,(H,18,20)(H,22,23). The van der Waals surface area contributed by atoms with Crippen molar-refractivity contribution >= 4 is 33.5 Å². The van der Waals surface area contributed by atoms with Crippen LogP contribution in [-0.2, 0) is 14.8 Å². The van der Waals surface area contributed by atoms with Crippen LogP contribution in [-0.4, -0.2) is 42.2 Å². The van der Waals surface area contributed by atoms with Gasteiger partial charge in [-0.3, -0.25) is 9.59 Å². The van der Waals surface area contributed by atoms with E-state index in [4.69, 9.17) is 5.11 Å². The van der Waals surface area contributed by atoms with Crippen LogP contribution in [0.2, 0.25) is 0 Å². The Morgan fingerprint density at radius 1 is 1.04 bits per heavy atom. The number of para-hydroxylation sites is 1. The molecule has 2 amide bonds. The van der Waals surface area contributed by atoms with Gasteiger partial charge in [-0.15, -0.1) is 0 Å². The molecule has 0 bridgehead atoms. The minimum Gasteiger partial charge on any atom is -0.478 e. The van der Waals surface area contributed by atoms with E-state index in [2.05, 4.69) is 5.32 Å². The Morgan fingerprint density at radius 3 is 2.38 bits per heavy atom. The van der Waals surface area contributed by atoms with Crippen LogP contribution in [0.4, 0.5) is 5.69 Å². The minimum absolute atomic E-state index is 0.0733. The zero-order chi connectivity index (χ0) is 18.9. The molecular formula is C17H14N2O6S. The summed E-state index contributed by atoms with van der Waals surface area (Å²) >= 11 is 0. The number of amides is 2. The van der Waals surface area contributed by atoms with Gasteiger partial charge in [0.2, 0.25) is 5.91 Å². The fourth-order valence-electron chi connectivity index (χ4n) is 2.65. The van der Waals surface area contributed by atoms with Gasteiger partial charge in [-0.25, -0.2) is 17.5 Å². The molecule has 2 aromatic carbocycles. The van der Waals surface area contributed by atoms with Crippen molar-refractivity contribution in [3.05, 3.63) is 59.7 Å². The van der Waals surface area contributed by atoms with Crippen LogP contribution in [0.3, 0.4) is 0 Å². The van der Waals surface area contributed by atoms with E-state index in [-0.39, 0.29) is 34.7 Å². The van der Waals surface area contributed by atoms with Gasteiger partial charge in [0.1, 0.15) is 4.90 Å². The van der Waals surface area contributed by atoms with Crippen molar-refractivity contribution in [3.63, 3.8) is 0 Å². The number of carbonyl (C=O) groups is 3. The lowest BCUT2D eigenvalue weighted by Crippen LogP contribution is -2.33. The summed E-state index contributed by atoms with van der Waals surface area (Å²) in [6.07, 6.45) is -0.299. The zero-order valence-corrected chi connectivity index (χ0v) is 14.2. The van der Waals surface area contributed by atoms with Gasteiger partial charge >= 0.3 is 5.97 Å². The van der Waals surface area contributed by atoms with E-state index in [0.717, 1.165) is 0 Å². The molecule has 134 valence electrons. The van der Waals surface area contributed by atoms with Gasteiger partial charge < -0.3 is 10.4 Å². The summed E-state index contributed by atoms with van der Waals surface area (Å²) in [5, 5.41) is 11.5. The van der Waals surface area contributed by atoms with Gasteiger partial charge in [0, 0.05) is 13.0 Å². The first-order chi connectivity index (χ1) is 12.3. The zero-order valence-electron chi connectivity index (χ0n) is 13.4. The number of hydrogen-bond acceptors (Lipinski definition) is 5. The van der Waals surface area contributed by atoms with Crippen LogP contribution in [0.5, 0.6) is 0 Å². The lowest BCUT2D eigenvalue weighted by molar-refractivity contribution is -0.116. The molecule has 0 radical (unpaired) electrons. The Bertz CT molecular complexity index is 1020. The van der Waals surface area contributed by atoms with Crippen LogP contribution in [0.15, 0.2) is 53.4 Å². The highest BCUT2D eigenvalue weighted by molar-refractivity contribution is 7.90. The molecule has 2 aromatic rings. The molecule has 2 N–H and O–H groups in total. The SMILES string of the molecule is O=C(CCN1C(=O)c2ccccc2S1(=O)=O)Nc1ccccc1C(=O)O. The number of nitrogens with zero attached hydrogens (tertiary/aromatic N) is 1. The Labute approximate surface area is 149 Å². The summed E-state index contributed by atoms with van der Waals surface area (Å²) in [6, 6.07) is 11.7. The van der Waals surface area contributed by atoms with Crippen LogP contribution in [0.25, 0.3) is 0 Å². The monoisotopic (exact) mass is 374 g/mol. The fraction of sp³-hybridized carbons (Fsp3) is 0.118. The fourth-order valence-corrected chi connectivity index (χ4v) is 4.22. The summed E-state index contributed by atoms with van der Waals surface area (Å²) in [6.45, 7) is -0.336. The minimum atomic E-state index is -3.98. The van der Waals surface area contributed by atoms with Crippen molar-refractivity contribution in [2.45, 2.75) is 11.3 Å². The molecule has 0 fully saturated rings. The van der Waals surface area contributed by atoms with Gasteiger partial charge in [-0.1, -0.05) is 24.3 Å². The van der Waals surface area contributed by atoms with E-state index >= 15 is 0 Å². The number of aromatic carboxylic acids is 1. The van der Waals surface area contributed by atoms with Crippen molar-refractivity contribution in [2.75, 3.05) is 11.9 Å². The molecule has 0 atom stereocenters. The third kappa shape index (κ3) is 3.04. The average Bonchev–Trinajstić information content (AvgIpc) is 2.80. The summed E-state index contributed by atoms with van der Waals surface area (Å²) in [7, 11) is -3.98. The number of carboxylic acid groups (broad SMARTS) is 1. The Morgan fingerprint density at radius 2 is 1.69 bits per heavy atom. The van der Waals surface area contributed by atoms with Crippen LogP contribution in [0, 0.1) is 0 Å². The van der Waals surface area contributed by atoms with Crippen molar-refractivity contribution in [3.8, 4) is 0 Å². The maximum atomic E-state index is 12.4. The highest BCUT2D eigenvalue weighted by Gasteiger charge is 2.40. The average molecular weight is 374 g/mol. The van der Waals surface area contributed by atoms with E-state index < -0.39 is 27.8 Å². The number of anilines is 1. The molecule has 0 spiro atoms. The number of carbonyl (C=O) groups excluding carboxylic acids is 2. The molecule has 1 heterocycles. The molecule has 3 rings (SSSR count). The largest absolute Gasteiger partial charge is 0.478 e. The molecule has 0 unspecified atom stereocenters. The second-order valence-electron chi connectivity index (χ2n) is 5.53. The Balaban J connectivity index is 1.72. The highest BCUT2D eigenvalue weighted by atomic mass is 32.2. The molecule has 1 aliphatic heterocycles. The summed E-state index contributed by atoms with van der Waals surface area (Å²) < 4.78 is 25.5. The van der Waals surface area contributed by atoms with Crippen molar-refractivity contribution in [1.29, 1.82) is 0 Å². The van der Waals surface area contributed by atoms with Crippen LogP contribution in [0.1, 0.15) is 27.1 Å². The van der Waals surface area contributed by atoms with Gasteiger partial charge in [0.25, 0.3) is 15.9 Å². The van der Waals surface area contributed by atoms with Gasteiger partial charge in [-0.05, 0) is 24.3 Å². The summed E-state index contributed by atoms with van der Waals surface area (Å²) in [4.78, 5) is 35.4. The lowest BCUT2D eigenvalue weighted by atomic mass is 10.1. The number of nitrogens with one attached hydrogen (secondary N) is 1. The van der Waals surface area contributed by atoms with Gasteiger partial charge in [0.05, 0.1) is 16.8 Å². The van der Waals surface area contributed by atoms with E-state index in [1.807, 2.05) is 0 Å². The predicted molar refractivity (Wildman–Crippen MR) is 91.3 cm³/mol. The van der Waals surface area contributed by atoms with Crippen LogP contribution >= 0.6 is 0 Å². The second kappa shape index (κ2) is 6.60. The van der Waals surface area contributed by atoms with E-state index in [0.29, 0.717) is 4.31 Å². The molecule has 1 aliphatic rings. The normalized spacial score (nSPS) is 14.8. The third-order valence-electron chi connectivity index (χ3n) is 3.89. The van der Waals surface area contributed by atoms with Crippen LogP contribution < -0.4 is 5.32 Å². The van der Waals surface area contributed by atoms with E-state index in [1.165, 1.54) is 36.4 Å². The molecule has 0 aromatic heterocycles. The van der Waals surface area contributed by atoms with E-state index in [1.54, 1.807) is 12.1 Å². The number of carboxylic acids is 1. The molecule has 26 heavy (non-hydrogen) atoms. The number of sulfonamides is 1. The molecule has 0 saturated carbocycles. The van der Waals surface area contributed by atoms with Gasteiger partial charge in [-0.2, -0.15) is 0 Å². The maximum Gasteiger partial charge on any atom is 0.337 e. The number of hydrogen-bond donors (Lipinski definition) is 2. The number of rotatable bonds is 5. The second-order valence-corrected chi connectivity index (χ2v) is 7.36. The highest BCUT2D eigenvalue weighted by Crippen LogP contribution is 2.29. The first-order valence-corrected chi connectivity index (χ1v) is 9.04. The Kier molecular flexibility index (Phi) is 4.47. The molecule has 0 aliphatic carbocycles. The third-order valence-corrected chi connectivity index (χ3v) is 5.73. The van der Waals surface area contributed by atoms with Gasteiger partial charge in [0.15, 0.2) is 0 Å². The topological polar surface area (TPSA) is 121 Å². The van der Waals surface area contributed by atoms with Crippen molar-refractivity contribution in [1.82, 2.24) is 4.31 Å². The van der Waals surface area contributed by atoms with E-state index in [9.17, 15) is 22.8 Å².